The molecule has 0 amide bonds. The molecule has 0 unspecified atom stereocenters. The summed E-state index contributed by atoms with van der Waals surface area (Å²) in [5.41, 5.74) is 5.64. The van der Waals surface area contributed by atoms with Crippen LogP contribution in [0.1, 0.15) is 28.2 Å². The van der Waals surface area contributed by atoms with E-state index in [-0.39, 0.29) is 5.75 Å². The number of rotatable bonds is 3. The summed E-state index contributed by atoms with van der Waals surface area (Å²) < 4.78 is 2.05. The molecule has 25 heavy (non-hydrogen) atoms. The third-order valence-corrected chi connectivity index (χ3v) is 4.33. The van der Waals surface area contributed by atoms with Gasteiger partial charge in [-0.05, 0) is 43.7 Å². The van der Waals surface area contributed by atoms with Gasteiger partial charge in [-0.3, -0.25) is 4.98 Å². The Balaban J connectivity index is 2.09. The molecular formula is C20H16N4O. The number of benzene rings is 1. The summed E-state index contributed by atoms with van der Waals surface area (Å²) in [7, 11) is 0. The molecule has 3 rings (SSSR count). The van der Waals surface area contributed by atoms with Gasteiger partial charge in [0, 0.05) is 17.0 Å². The van der Waals surface area contributed by atoms with Crippen LogP contribution in [0.15, 0.2) is 42.6 Å². The molecule has 122 valence electrons. The van der Waals surface area contributed by atoms with Crippen molar-refractivity contribution >= 4 is 0 Å². The highest BCUT2D eigenvalue weighted by atomic mass is 16.3. The van der Waals surface area contributed by atoms with Crippen molar-refractivity contribution in [1.82, 2.24) is 9.55 Å². The van der Waals surface area contributed by atoms with Gasteiger partial charge in [0.25, 0.3) is 0 Å². The van der Waals surface area contributed by atoms with Crippen molar-refractivity contribution in [2.24, 2.45) is 0 Å². The van der Waals surface area contributed by atoms with Crippen molar-refractivity contribution in [1.29, 1.82) is 10.5 Å². The Bertz CT molecular complexity index is 1000. The van der Waals surface area contributed by atoms with E-state index in [1.807, 2.05) is 30.5 Å². The number of hydrogen-bond donors (Lipinski definition) is 1. The molecule has 0 aliphatic carbocycles. The third-order valence-electron chi connectivity index (χ3n) is 4.33. The lowest BCUT2D eigenvalue weighted by Crippen LogP contribution is -2.05. The number of hydrogen-bond acceptors (Lipinski definition) is 4. The smallest absolute Gasteiger partial charge is 0.133 e. The van der Waals surface area contributed by atoms with Crippen LogP contribution in [0.25, 0.3) is 11.1 Å². The van der Waals surface area contributed by atoms with Crippen molar-refractivity contribution < 1.29 is 5.11 Å². The Hall–Kier alpha value is -3.57. The molecule has 5 heteroatoms. The summed E-state index contributed by atoms with van der Waals surface area (Å²) in [5.74, 6) is 0.126. The molecule has 0 aliphatic heterocycles. The van der Waals surface area contributed by atoms with Gasteiger partial charge in [-0.1, -0.05) is 12.1 Å². The van der Waals surface area contributed by atoms with Gasteiger partial charge in [0.05, 0.1) is 35.6 Å². The highest BCUT2D eigenvalue weighted by Crippen LogP contribution is 2.32. The molecule has 0 aliphatic rings. The molecular weight excluding hydrogens is 312 g/mol. The Morgan fingerprint density at radius 2 is 1.72 bits per heavy atom. The van der Waals surface area contributed by atoms with E-state index in [1.165, 1.54) is 6.20 Å². The maximum absolute atomic E-state index is 9.64. The van der Waals surface area contributed by atoms with Gasteiger partial charge in [-0.15, -0.1) is 0 Å². The van der Waals surface area contributed by atoms with Crippen molar-refractivity contribution in [3.63, 3.8) is 0 Å². The highest BCUT2D eigenvalue weighted by molar-refractivity contribution is 5.75. The van der Waals surface area contributed by atoms with E-state index in [9.17, 15) is 10.4 Å². The van der Waals surface area contributed by atoms with E-state index in [0.29, 0.717) is 17.7 Å². The summed E-state index contributed by atoms with van der Waals surface area (Å²) >= 11 is 0. The summed E-state index contributed by atoms with van der Waals surface area (Å²) in [6, 6.07) is 15.0. The van der Waals surface area contributed by atoms with Gasteiger partial charge in [0.15, 0.2) is 0 Å². The SMILES string of the molecule is Cc1c(C#N)c(-c2ccc(C#N)cc2)c(C)n1Cc1ccc(O)cn1. The van der Waals surface area contributed by atoms with Gasteiger partial charge in [-0.25, -0.2) is 0 Å². The van der Waals surface area contributed by atoms with Gasteiger partial charge >= 0.3 is 0 Å². The Morgan fingerprint density at radius 3 is 2.28 bits per heavy atom. The van der Waals surface area contributed by atoms with Crippen molar-refractivity contribution in [2.75, 3.05) is 0 Å². The van der Waals surface area contributed by atoms with Crippen LogP contribution in [0, 0.1) is 36.5 Å². The van der Waals surface area contributed by atoms with Crippen LogP contribution in [0.5, 0.6) is 5.75 Å². The average Bonchev–Trinajstić information content (AvgIpc) is 2.87. The first-order chi connectivity index (χ1) is 12.0. The number of nitriles is 2. The van der Waals surface area contributed by atoms with Gasteiger partial charge < -0.3 is 9.67 Å². The second kappa shape index (κ2) is 6.51. The lowest BCUT2D eigenvalue weighted by Gasteiger charge is -2.09. The number of pyridine rings is 1. The van der Waals surface area contributed by atoms with Gasteiger partial charge in [0.1, 0.15) is 11.8 Å². The van der Waals surface area contributed by atoms with Crippen molar-refractivity contribution in [3.05, 3.63) is 70.8 Å². The van der Waals surface area contributed by atoms with Crippen molar-refractivity contribution in [2.45, 2.75) is 20.4 Å². The minimum absolute atomic E-state index is 0.126. The standard InChI is InChI=1S/C20H16N4O/c1-13-19(10-22)20(16-5-3-15(9-21)4-6-16)14(2)24(13)12-17-7-8-18(25)11-23-17/h3-8,11,25H,12H2,1-2H3. The number of aromatic hydroxyl groups is 1. The van der Waals surface area contributed by atoms with E-state index in [0.717, 1.165) is 28.2 Å². The monoisotopic (exact) mass is 328 g/mol. The van der Waals surface area contributed by atoms with Crippen LogP contribution < -0.4 is 0 Å². The number of nitrogens with zero attached hydrogens (tertiary/aromatic N) is 4. The molecule has 0 saturated carbocycles. The van der Waals surface area contributed by atoms with Crippen LogP contribution in [-0.4, -0.2) is 14.7 Å². The van der Waals surface area contributed by atoms with Crippen LogP contribution in [0.4, 0.5) is 0 Å². The Morgan fingerprint density at radius 1 is 1.00 bits per heavy atom. The fourth-order valence-electron chi connectivity index (χ4n) is 2.99. The fraction of sp³-hybridized carbons (Fsp3) is 0.150. The van der Waals surface area contributed by atoms with E-state index in [2.05, 4.69) is 17.1 Å². The first-order valence-corrected chi connectivity index (χ1v) is 7.79. The van der Waals surface area contributed by atoms with E-state index < -0.39 is 0 Å². The molecule has 0 spiro atoms. The molecule has 2 heterocycles. The topological polar surface area (TPSA) is 85.6 Å². The van der Waals surface area contributed by atoms with Gasteiger partial charge in [0.2, 0.25) is 0 Å². The third kappa shape index (κ3) is 2.96. The molecule has 0 radical (unpaired) electrons. The quantitative estimate of drug-likeness (QED) is 0.795. The second-order valence-electron chi connectivity index (χ2n) is 5.82. The summed E-state index contributed by atoms with van der Waals surface area (Å²) in [5, 5.41) is 28.0. The molecule has 0 fully saturated rings. The van der Waals surface area contributed by atoms with E-state index >= 15 is 0 Å². The van der Waals surface area contributed by atoms with Crippen LogP contribution in [-0.2, 0) is 6.54 Å². The first kappa shape index (κ1) is 16.3. The second-order valence-corrected chi connectivity index (χ2v) is 5.82. The zero-order valence-electron chi connectivity index (χ0n) is 14.0. The Labute approximate surface area is 146 Å². The summed E-state index contributed by atoms with van der Waals surface area (Å²) in [6.45, 7) is 4.41. The van der Waals surface area contributed by atoms with Gasteiger partial charge in [-0.2, -0.15) is 10.5 Å². The molecule has 0 atom stereocenters. The fourth-order valence-corrected chi connectivity index (χ4v) is 2.99. The first-order valence-electron chi connectivity index (χ1n) is 7.79. The van der Waals surface area contributed by atoms with E-state index in [4.69, 9.17) is 5.26 Å². The maximum Gasteiger partial charge on any atom is 0.133 e. The zero-order chi connectivity index (χ0) is 18.0. The lowest BCUT2D eigenvalue weighted by molar-refractivity contribution is 0.472. The van der Waals surface area contributed by atoms with E-state index in [1.54, 1.807) is 24.3 Å². The lowest BCUT2D eigenvalue weighted by atomic mass is 10.0. The molecule has 1 aromatic carbocycles. The maximum atomic E-state index is 9.64. The van der Waals surface area contributed by atoms with Crippen LogP contribution in [0.2, 0.25) is 0 Å². The predicted octanol–water partition coefficient (Wildman–Crippen LogP) is 3.66. The minimum atomic E-state index is 0.126. The Kier molecular flexibility index (Phi) is 4.24. The average molecular weight is 328 g/mol. The predicted molar refractivity (Wildman–Crippen MR) is 93.8 cm³/mol. The van der Waals surface area contributed by atoms with Crippen molar-refractivity contribution in [3.8, 4) is 29.0 Å². The largest absolute Gasteiger partial charge is 0.506 e. The summed E-state index contributed by atoms with van der Waals surface area (Å²) in [4.78, 5) is 4.23. The summed E-state index contributed by atoms with van der Waals surface area (Å²) in [6.07, 6.45) is 1.41. The zero-order valence-corrected chi connectivity index (χ0v) is 14.0. The molecule has 3 aromatic rings. The molecule has 0 bridgehead atoms. The van der Waals surface area contributed by atoms with Crippen LogP contribution in [0.3, 0.4) is 0 Å². The normalized spacial score (nSPS) is 10.2. The van der Waals surface area contributed by atoms with Crippen LogP contribution >= 0.6 is 0 Å². The highest BCUT2D eigenvalue weighted by Gasteiger charge is 2.19. The minimum Gasteiger partial charge on any atom is -0.506 e. The molecule has 2 aromatic heterocycles. The molecule has 5 nitrogen and oxygen atoms in total. The number of aromatic nitrogens is 2. The molecule has 0 saturated heterocycles. The molecule has 1 N–H and O–H groups in total.